The van der Waals surface area contributed by atoms with Crippen LogP contribution in [0.25, 0.3) is 16.3 Å². The highest BCUT2D eigenvalue weighted by atomic mass is 79.9. The molecule has 0 unspecified atom stereocenters. The summed E-state index contributed by atoms with van der Waals surface area (Å²) in [4.78, 5) is 12.6. The Balaban J connectivity index is 2.09. The number of aromatic nitrogens is 2. The summed E-state index contributed by atoms with van der Waals surface area (Å²) < 4.78 is 29.3. The second-order valence-corrected chi connectivity index (χ2v) is 12.6. The fourth-order valence-electron chi connectivity index (χ4n) is 3.15. The van der Waals surface area contributed by atoms with E-state index in [-0.39, 0.29) is 26.9 Å². The first kappa shape index (κ1) is 28.0. The van der Waals surface area contributed by atoms with Gasteiger partial charge in [0, 0.05) is 17.5 Å². The number of carbonyl (C=O) groups excluding carboxylic acids is 1. The smallest absolute Gasteiger partial charge is 0.358 e. The van der Waals surface area contributed by atoms with Crippen LogP contribution >= 0.6 is 39.0 Å². The van der Waals surface area contributed by atoms with Crippen molar-refractivity contribution in [3.63, 3.8) is 0 Å². The van der Waals surface area contributed by atoms with Gasteiger partial charge in [0.15, 0.2) is 20.6 Å². The zero-order chi connectivity index (χ0) is 26.5. The van der Waals surface area contributed by atoms with Crippen LogP contribution in [-0.2, 0) is 19.4 Å². The Bertz CT molecular complexity index is 1420. The molecule has 0 fully saturated rings. The van der Waals surface area contributed by atoms with E-state index in [0.29, 0.717) is 21.3 Å². The molecule has 1 aromatic heterocycles. The maximum Gasteiger partial charge on any atom is 0.358 e. The van der Waals surface area contributed by atoms with Crippen molar-refractivity contribution in [2.75, 3.05) is 23.8 Å². The molecule has 0 amide bonds. The number of hydrogen-bond acceptors (Lipinski definition) is 10. The Morgan fingerprint density at radius 3 is 2.58 bits per heavy atom. The van der Waals surface area contributed by atoms with Crippen LogP contribution in [-0.4, -0.2) is 48.7 Å². The molecule has 1 heterocycles. The minimum Gasteiger partial charge on any atom is -0.450 e. The average molecular weight is 610 g/mol. The third-order valence-electron chi connectivity index (χ3n) is 4.94. The van der Waals surface area contributed by atoms with Gasteiger partial charge in [0.05, 0.1) is 15.1 Å². The zero-order valence-corrected chi connectivity index (χ0v) is 24.1. The van der Waals surface area contributed by atoms with Crippen molar-refractivity contribution in [3.8, 4) is 10.6 Å². The number of esters is 1. The lowest BCUT2D eigenvalue weighted by Crippen LogP contribution is -2.19. The van der Waals surface area contributed by atoms with Gasteiger partial charge in [-0.05, 0) is 51.9 Å². The van der Waals surface area contributed by atoms with Crippen molar-refractivity contribution in [2.45, 2.75) is 24.7 Å². The third-order valence-corrected chi connectivity index (χ3v) is 8.19. The number of benzene rings is 2. The Morgan fingerprint density at radius 2 is 1.92 bits per heavy atom. The van der Waals surface area contributed by atoms with Crippen LogP contribution < -0.4 is 5.32 Å². The second-order valence-electron chi connectivity index (χ2n) is 7.98. The quantitative estimate of drug-likeness (QED) is 0.168. The first-order valence-electron chi connectivity index (χ1n) is 10.7. The highest BCUT2D eigenvalue weighted by Crippen LogP contribution is 2.34. The maximum absolute atomic E-state index is 12.4. The van der Waals surface area contributed by atoms with Crippen molar-refractivity contribution >= 4 is 71.9 Å². The normalized spacial score (nSPS) is 12.3. The number of rotatable bonds is 10. The van der Waals surface area contributed by atoms with E-state index in [2.05, 4.69) is 45.3 Å². The number of ether oxygens (including phenoxy) is 1. The maximum atomic E-state index is 12.4. The highest BCUT2D eigenvalue weighted by molar-refractivity contribution is 9.12. The first-order valence-corrected chi connectivity index (χ1v) is 15.6. The van der Waals surface area contributed by atoms with E-state index in [4.69, 9.17) is 10.1 Å². The zero-order valence-electron chi connectivity index (χ0n) is 20.0. The molecule has 0 radical (unpaired) electrons. The number of halogens is 1. The van der Waals surface area contributed by atoms with Gasteiger partial charge < -0.3 is 10.1 Å². The van der Waals surface area contributed by atoms with Crippen molar-refractivity contribution < 1.29 is 17.9 Å². The Hall–Kier alpha value is -2.54. The van der Waals surface area contributed by atoms with Gasteiger partial charge >= 0.3 is 5.97 Å². The molecule has 8 nitrogen and oxygen atoms in total. The van der Waals surface area contributed by atoms with E-state index in [1.54, 1.807) is 24.5 Å². The Morgan fingerprint density at radius 1 is 1.19 bits per heavy atom. The standard InChI is InChI=1S/C24H25BrN4O4S3/c1-14(2)17-10-5-6-11-18(17)27-21(19(25)20(26)24(30)33-13-34-3)23-29-28-22(35-23)15-8-7-9-16(12-15)36(4,31)32/h5-12,14,26-27H,13H2,1-4H3/b21-19+,26-20?. The van der Waals surface area contributed by atoms with E-state index in [1.165, 1.54) is 29.2 Å². The largest absolute Gasteiger partial charge is 0.450 e. The average Bonchev–Trinajstić information content (AvgIpc) is 3.34. The molecule has 0 saturated carbocycles. The summed E-state index contributed by atoms with van der Waals surface area (Å²) in [6.07, 6.45) is 2.94. The van der Waals surface area contributed by atoms with Crippen LogP contribution in [0.5, 0.6) is 0 Å². The molecule has 2 aromatic carbocycles. The summed E-state index contributed by atoms with van der Waals surface area (Å²) in [6, 6.07) is 14.2. The molecule has 0 aliphatic rings. The minimum absolute atomic E-state index is 0.125. The number of hydrogen-bond donors (Lipinski definition) is 2. The van der Waals surface area contributed by atoms with E-state index in [9.17, 15) is 13.2 Å². The van der Waals surface area contributed by atoms with Crippen LogP contribution in [0.4, 0.5) is 5.69 Å². The van der Waals surface area contributed by atoms with Crippen molar-refractivity contribution in [2.24, 2.45) is 0 Å². The van der Waals surface area contributed by atoms with Gasteiger partial charge in [-0.25, -0.2) is 13.2 Å². The first-order chi connectivity index (χ1) is 17.0. The molecular weight excluding hydrogens is 584 g/mol. The Labute approximate surface area is 227 Å². The number of thioether (sulfide) groups is 1. The Kier molecular flexibility index (Phi) is 9.45. The van der Waals surface area contributed by atoms with Crippen molar-refractivity contribution in [1.29, 1.82) is 5.41 Å². The lowest BCUT2D eigenvalue weighted by Gasteiger charge is -2.17. The molecule has 0 spiro atoms. The molecule has 2 N–H and O–H groups in total. The van der Waals surface area contributed by atoms with Crippen LogP contribution in [0, 0.1) is 5.41 Å². The molecule has 0 atom stereocenters. The summed E-state index contributed by atoms with van der Waals surface area (Å²) in [5.41, 5.74) is 2.42. The fourth-order valence-corrected chi connectivity index (χ4v) is 5.47. The van der Waals surface area contributed by atoms with Gasteiger partial charge in [-0.15, -0.1) is 22.0 Å². The van der Waals surface area contributed by atoms with Gasteiger partial charge in [0.1, 0.15) is 10.9 Å². The third kappa shape index (κ3) is 6.81. The number of para-hydroxylation sites is 1. The molecule has 12 heteroatoms. The molecule has 0 aliphatic carbocycles. The van der Waals surface area contributed by atoms with Crippen LogP contribution in [0.15, 0.2) is 57.9 Å². The molecule has 0 saturated heterocycles. The van der Waals surface area contributed by atoms with Gasteiger partial charge in [0.2, 0.25) is 0 Å². The molecule has 3 aromatic rings. The number of anilines is 1. The van der Waals surface area contributed by atoms with E-state index < -0.39 is 15.8 Å². The number of nitrogens with zero attached hydrogens (tertiary/aromatic N) is 2. The van der Waals surface area contributed by atoms with Gasteiger partial charge in [-0.1, -0.05) is 55.5 Å². The lowest BCUT2D eigenvalue weighted by molar-refractivity contribution is -0.133. The monoisotopic (exact) mass is 608 g/mol. The second kappa shape index (κ2) is 12.1. The summed E-state index contributed by atoms with van der Waals surface area (Å²) in [5, 5.41) is 21.2. The fraction of sp³-hybridized carbons (Fsp3) is 0.250. The van der Waals surface area contributed by atoms with Crippen LogP contribution in [0.1, 0.15) is 30.3 Å². The molecule has 0 bridgehead atoms. The molecule has 0 aliphatic heterocycles. The lowest BCUT2D eigenvalue weighted by atomic mass is 10.0. The van der Waals surface area contributed by atoms with Gasteiger partial charge in [-0.3, -0.25) is 5.41 Å². The number of sulfone groups is 1. The van der Waals surface area contributed by atoms with Crippen LogP contribution in [0.3, 0.4) is 0 Å². The van der Waals surface area contributed by atoms with Crippen LogP contribution in [0.2, 0.25) is 0 Å². The van der Waals surface area contributed by atoms with Gasteiger partial charge in [-0.2, -0.15) is 0 Å². The molecule has 190 valence electrons. The summed E-state index contributed by atoms with van der Waals surface area (Å²) in [5.74, 6) is -0.443. The number of carbonyl (C=O) groups is 1. The van der Waals surface area contributed by atoms with Crippen molar-refractivity contribution in [1.82, 2.24) is 10.2 Å². The van der Waals surface area contributed by atoms with Gasteiger partial charge in [0.25, 0.3) is 0 Å². The highest BCUT2D eigenvalue weighted by Gasteiger charge is 2.23. The molecule has 36 heavy (non-hydrogen) atoms. The predicted molar refractivity (Wildman–Crippen MR) is 151 cm³/mol. The van der Waals surface area contributed by atoms with E-state index >= 15 is 0 Å². The van der Waals surface area contributed by atoms with E-state index in [0.717, 1.165) is 17.5 Å². The minimum atomic E-state index is -3.39. The summed E-state index contributed by atoms with van der Waals surface area (Å²) >= 11 is 5.93. The van der Waals surface area contributed by atoms with E-state index in [1.807, 2.05) is 24.3 Å². The summed E-state index contributed by atoms with van der Waals surface area (Å²) in [7, 11) is -3.39. The number of nitrogens with one attached hydrogen (secondary N) is 2. The predicted octanol–water partition coefficient (Wildman–Crippen LogP) is 5.79. The summed E-state index contributed by atoms with van der Waals surface area (Å²) in [6.45, 7) is 4.14. The molecule has 3 rings (SSSR count). The SMILES string of the molecule is CSCOC(=O)C(=N)/C(Br)=C(\Nc1ccccc1C(C)C)c1nnc(-c2cccc(S(C)(=O)=O)c2)s1. The molecular formula is C24H25BrN4O4S3. The topological polar surface area (TPSA) is 122 Å². The van der Waals surface area contributed by atoms with Crippen molar-refractivity contribution in [3.05, 3.63) is 63.6 Å².